The van der Waals surface area contributed by atoms with Gasteiger partial charge in [-0.2, -0.15) is 0 Å². The van der Waals surface area contributed by atoms with Crippen LogP contribution in [0.3, 0.4) is 0 Å². The molecule has 0 aliphatic heterocycles. The van der Waals surface area contributed by atoms with Gasteiger partial charge in [0.05, 0.1) is 30.9 Å². The molecule has 2 aromatic carbocycles. The Morgan fingerprint density at radius 2 is 1.75 bits per heavy atom. The molecule has 7 nitrogen and oxygen atoms in total. The topological polar surface area (TPSA) is 82.6 Å². The van der Waals surface area contributed by atoms with Crippen LogP contribution in [0.25, 0.3) is 10.6 Å². The average Bonchev–Trinajstić information content (AvgIpc) is 3.44. The number of hydrogen-bond donors (Lipinski definition) is 1. The third-order valence-corrected chi connectivity index (χ3v) is 6.85. The molecule has 0 spiro atoms. The second-order valence-electron chi connectivity index (χ2n) is 8.93. The zero-order valence-corrected chi connectivity index (χ0v) is 24.3. The van der Waals surface area contributed by atoms with Crippen molar-refractivity contribution >= 4 is 29.7 Å². The lowest BCUT2D eigenvalue weighted by Gasteiger charge is -2.13. The number of aromatic nitrogens is 2. The van der Waals surface area contributed by atoms with Gasteiger partial charge in [-0.15, -0.1) is 23.7 Å². The van der Waals surface area contributed by atoms with Crippen molar-refractivity contribution in [2.45, 2.75) is 45.6 Å². The Hall–Kier alpha value is -3.46. The van der Waals surface area contributed by atoms with Crippen LogP contribution in [-0.4, -0.2) is 35.7 Å². The van der Waals surface area contributed by atoms with E-state index in [1.54, 1.807) is 13.1 Å². The molecule has 40 heavy (non-hydrogen) atoms. The van der Waals surface area contributed by atoms with E-state index in [-0.39, 0.29) is 18.4 Å². The molecule has 0 fully saturated rings. The van der Waals surface area contributed by atoms with E-state index in [2.05, 4.69) is 34.6 Å². The number of pyridine rings is 1. The number of aryl methyl sites for hydroxylation is 1. The molecule has 0 radical (unpaired) electrons. The molecule has 0 bridgehead atoms. The lowest BCUT2D eigenvalue weighted by molar-refractivity contribution is -0.143. The molecule has 1 N–H and O–H groups in total. The zero-order valence-electron chi connectivity index (χ0n) is 22.7. The molecule has 0 atom stereocenters. The van der Waals surface area contributed by atoms with Crippen LogP contribution in [0.2, 0.25) is 0 Å². The second-order valence-corrected chi connectivity index (χ2v) is 9.78. The second kappa shape index (κ2) is 17.3. The van der Waals surface area contributed by atoms with E-state index in [0.29, 0.717) is 43.4 Å². The number of carbonyl (C=O) groups excluding carboxylic acids is 1. The molecule has 0 saturated carbocycles. The Bertz CT molecular complexity index is 1300. The molecular weight excluding hydrogens is 546 g/mol. The number of nitrogens with one attached hydrogen (secondary N) is 1. The van der Waals surface area contributed by atoms with Crippen LogP contribution >= 0.6 is 23.7 Å². The Morgan fingerprint density at radius 1 is 0.950 bits per heavy atom. The zero-order chi connectivity index (χ0) is 27.1. The van der Waals surface area contributed by atoms with E-state index in [4.69, 9.17) is 19.2 Å². The van der Waals surface area contributed by atoms with Crippen LogP contribution in [0, 0.1) is 0 Å². The first-order valence-corrected chi connectivity index (χ1v) is 14.3. The third-order valence-electron chi connectivity index (χ3n) is 5.93. The Balaban J connectivity index is 0.00000441. The fraction of sp³-hybridized carbons (Fsp3) is 0.323. The van der Waals surface area contributed by atoms with Crippen LogP contribution in [0.15, 0.2) is 78.3 Å². The fourth-order valence-corrected chi connectivity index (χ4v) is 4.81. The fourth-order valence-electron chi connectivity index (χ4n) is 3.94. The van der Waals surface area contributed by atoms with Gasteiger partial charge in [0.25, 0.3) is 0 Å². The number of benzene rings is 2. The number of para-hydroxylation sites is 2. The van der Waals surface area contributed by atoms with Crippen molar-refractivity contribution in [3.05, 3.63) is 89.6 Å². The van der Waals surface area contributed by atoms with E-state index in [0.717, 1.165) is 48.6 Å². The first kappa shape index (κ1) is 31.1. The predicted octanol–water partition coefficient (Wildman–Crippen LogP) is 7.25. The monoisotopic (exact) mass is 581 g/mol. The summed E-state index contributed by atoms with van der Waals surface area (Å²) in [6, 6.07) is 21.9. The minimum atomic E-state index is -0.214. The predicted molar refractivity (Wildman–Crippen MR) is 162 cm³/mol. The van der Waals surface area contributed by atoms with Crippen molar-refractivity contribution in [2.75, 3.05) is 19.8 Å². The summed E-state index contributed by atoms with van der Waals surface area (Å²) in [5.74, 6) is 1.55. The van der Waals surface area contributed by atoms with Crippen molar-refractivity contribution < 1.29 is 19.0 Å². The first-order valence-electron chi connectivity index (χ1n) is 13.4. The number of thiazole rings is 1. The largest absolute Gasteiger partial charge is 0.490 e. The first-order chi connectivity index (χ1) is 19.2. The van der Waals surface area contributed by atoms with Crippen molar-refractivity contribution in [3.8, 4) is 28.0 Å². The molecule has 0 amide bonds. The number of halogens is 1. The Labute approximate surface area is 246 Å². The number of hydrogen-bond acceptors (Lipinski definition) is 8. The highest BCUT2D eigenvalue weighted by Gasteiger charge is 2.15. The van der Waals surface area contributed by atoms with Gasteiger partial charge in [-0.25, -0.2) is 9.97 Å². The number of unbranched alkanes of at least 4 members (excludes halogenated alkanes) is 2. The quantitative estimate of drug-likeness (QED) is 0.110. The SMILES string of the molecule is CCOC(=O)CCc1csc(-c2cccnc2Oc2ccccc2OCCCCCNCc2ccccc2)n1.Cl. The van der Waals surface area contributed by atoms with Gasteiger partial charge < -0.3 is 19.5 Å². The number of nitrogens with zero attached hydrogens (tertiary/aromatic N) is 2. The van der Waals surface area contributed by atoms with Gasteiger partial charge in [-0.05, 0) is 62.6 Å². The number of carbonyl (C=O) groups is 1. The van der Waals surface area contributed by atoms with Gasteiger partial charge in [0.2, 0.25) is 5.88 Å². The summed E-state index contributed by atoms with van der Waals surface area (Å²) in [6.45, 7) is 4.69. The van der Waals surface area contributed by atoms with Crippen LogP contribution in [0.5, 0.6) is 17.4 Å². The normalized spacial score (nSPS) is 10.5. The molecule has 2 aromatic heterocycles. The minimum absolute atomic E-state index is 0. The highest BCUT2D eigenvalue weighted by Crippen LogP contribution is 2.36. The number of esters is 1. The molecule has 0 saturated heterocycles. The van der Waals surface area contributed by atoms with Gasteiger partial charge in [0, 0.05) is 24.5 Å². The maximum atomic E-state index is 11.7. The third kappa shape index (κ3) is 9.93. The van der Waals surface area contributed by atoms with E-state index >= 15 is 0 Å². The molecule has 4 aromatic rings. The van der Waals surface area contributed by atoms with Gasteiger partial charge in [0.1, 0.15) is 5.01 Å². The van der Waals surface area contributed by atoms with Crippen molar-refractivity contribution in [3.63, 3.8) is 0 Å². The molecule has 0 aliphatic carbocycles. The van der Waals surface area contributed by atoms with Crippen LogP contribution in [-0.2, 0) is 22.5 Å². The summed E-state index contributed by atoms with van der Waals surface area (Å²) in [5, 5.41) is 6.24. The molecule has 4 rings (SSSR count). The molecular formula is C31H36ClN3O4S. The van der Waals surface area contributed by atoms with E-state index in [9.17, 15) is 4.79 Å². The van der Waals surface area contributed by atoms with Crippen LogP contribution < -0.4 is 14.8 Å². The summed E-state index contributed by atoms with van der Waals surface area (Å²) in [5.41, 5.74) is 2.94. The smallest absolute Gasteiger partial charge is 0.306 e. The highest BCUT2D eigenvalue weighted by molar-refractivity contribution is 7.13. The Morgan fingerprint density at radius 3 is 2.58 bits per heavy atom. The molecule has 212 valence electrons. The van der Waals surface area contributed by atoms with Gasteiger partial charge in [-0.1, -0.05) is 42.5 Å². The van der Waals surface area contributed by atoms with Crippen LogP contribution in [0.1, 0.15) is 43.9 Å². The number of ether oxygens (including phenoxy) is 3. The van der Waals surface area contributed by atoms with Crippen molar-refractivity contribution in [1.82, 2.24) is 15.3 Å². The lowest BCUT2D eigenvalue weighted by Crippen LogP contribution is -2.14. The lowest BCUT2D eigenvalue weighted by atomic mass is 10.2. The van der Waals surface area contributed by atoms with Gasteiger partial charge >= 0.3 is 5.97 Å². The minimum Gasteiger partial charge on any atom is -0.490 e. The van der Waals surface area contributed by atoms with Crippen LogP contribution in [0.4, 0.5) is 0 Å². The molecule has 9 heteroatoms. The van der Waals surface area contributed by atoms with Gasteiger partial charge in [-0.3, -0.25) is 4.79 Å². The van der Waals surface area contributed by atoms with Crippen molar-refractivity contribution in [2.24, 2.45) is 0 Å². The average molecular weight is 582 g/mol. The maximum absolute atomic E-state index is 11.7. The van der Waals surface area contributed by atoms with E-state index in [1.807, 2.05) is 47.8 Å². The van der Waals surface area contributed by atoms with E-state index < -0.39 is 0 Å². The summed E-state index contributed by atoms with van der Waals surface area (Å²) in [7, 11) is 0. The summed E-state index contributed by atoms with van der Waals surface area (Å²) in [6.07, 6.45) is 5.68. The van der Waals surface area contributed by atoms with E-state index in [1.165, 1.54) is 16.9 Å². The number of rotatable bonds is 16. The molecule has 0 unspecified atom stereocenters. The summed E-state index contributed by atoms with van der Waals surface area (Å²) in [4.78, 5) is 20.9. The van der Waals surface area contributed by atoms with Crippen molar-refractivity contribution in [1.29, 1.82) is 0 Å². The molecule has 0 aliphatic rings. The Kier molecular flexibility index (Phi) is 13.4. The van der Waals surface area contributed by atoms with Gasteiger partial charge in [0.15, 0.2) is 11.5 Å². The standard InChI is InChI=1S/C31H35N3O4S.ClH/c1-2-36-29(35)18-17-25-23-39-31(34-25)26-14-11-20-33-30(26)38-28-16-8-7-15-27(28)37-21-10-4-9-19-32-22-24-12-5-3-6-13-24;/h3,5-8,11-16,20,23,32H,2,4,9-10,17-19,21-22H2,1H3;1H. The summed E-state index contributed by atoms with van der Waals surface area (Å²) < 4.78 is 17.3. The molecule has 2 heterocycles. The summed E-state index contributed by atoms with van der Waals surface area (Å²) >= 11 is 1.50. The highest BCUT2D eigenvalue weighted by atomic mass is 35.5. The maximum Gasteiger partial charge on any atom is 0.306 e.